The number of Topliss-reactive ketones (excluding diaryl/α,β-unsaturated/α-hetero) is 3. The number of aromatic nitrogens is 18. The minimum Gasteiger partial charge on any atom is -0.291 e. The summed E-state index contributed by atoms with van der Waals surface area (Å²) >= 11 is 0. The molecular weight excluding hydrogens is 1740 g/mol. The van der Waals surface area contributed by atoms with Gasteiger partial charge in [0.1, 0.15) is 41.1 Å². The molecular formula is C81H70F12N21O9S3+. The van der Waals surface area contributed by atoms with Crippen molar-refractivity contribution in [1.29, 1.82) is 0 Å². The van der Waals surface area contributed by atoms with Gasteiger partial charge in [0, 0.05) is 64.4 Å². The van der Waals surface area contributed by atoms with Crippen LogP contribution in [0.25, 0.3) is 35.3 Å². The number of H-pyrrole nitrogens is 1. The Balaban J connectivity index is 0.000000139. The summed E-state index contributed by atoms with van der Waals surface area (Å²) in [6, 6.07) is 21.3. The number of piperidine rings is 3. The summed E-state index contributed by atoms with van der Waals surface area (Å²) in [6.45, 7) is 5.26. The summed E-state index contributed by atoms with van der Waals surface area (Å²) in [5, 5.41) is 34.6. The average Bonchev–Trinajstić information content (AvgIpc) is 1.29. The molecule has 0 spiro atoms. The van der Waals surface area contributed by atoms with Crippen molar-refractivity contribution in [3.8, 4) is 17.1 Å². The lowest BCUT2D eigenvalue weighted by molar-refractivity contribution is -0.751. The molecule has 6 aliphatic rings. The molecule has 1 N–H and O–H groups in total. The Kier molecular flexibility index (Phi) is 22.5. The number of benzene rings is 3. The van der Waals surface area contributed by atoms with Crippen LogP contribution in [0.1, 0.15) is 122 Å². The summed E-state index contributed by atoms with van der Waals surface area (Å²) in [7, 11) is -12.6. The molecule has 9 aromatic heterocycles. The molecule has 30 nitrogen and oxygen atoms in total. The molecule has 3 saturated heterocycles. The molecule has 18 rings (SSSR count). The van der Waals surface area contributed by atoms with Crippen LogP contribution < -0.4 is 4.68 Å². The number of carbonyl (C=O) groups excluding carboxylic acids is 3. The summed E-state index contributed by atoms with van der Waals surface area (Å²) < 4.78 is 255. The van der Waals surface area contributed by atoms with Crippen LogP contribution in [0.15, 0.2) is 197 Å². The van der Waals surface area contributed by atoms with E-state index < -0.39 is 133 Å². The highest BCUT2D eigenvalue weighted by Crippen LogP contribution is 2.52. The maximum absolute atomic E-state index is 14.3. The Morgan fingerprint density at radius 1 is 0.452 bits per heavy atom. The first kappa shape index (κ1) is 86.8. The predicted octanol–water partition coefficient (Wildman–Crippen LogP) is 11.2. The van der Waals surface area contributed by atoms with Gasteiger partial charge in [0.25, 0.3) is 30.1 Å². The molecule has 12 aromatic rings. The lowest BCUT2D eigenvalue weighted by Gasteiger charge is -2.44. The van der Waals surface area contributed by atoms with E-state index in [1.807, 2.05) is 0 Å². The van der Waals surface area contributed by atoms with Crippen molar-refractivity contribution in [2.75, 3.05) is 39.3 Å². The number of carbonyl (C=O) groups is 3. The summed E-state index contributed by atoms with van der Waals surface area (Å²) in [4.78, 5) is 55.8. The van der Waals surface area contributed by atoms with Gasteiger partial charge < -0.3 is 0 Å². The van der Waals surface area contributed by atoms with Crippen molar-refractivity contribution in [3.63, 3.8) is 0 Å². The van der Waals surface area contributed by atoms with Crippen molar-refractivity contribution in [2.24, 2.45) is 16.2 Å². The van der Waals surface area contributed by atoms with Gasteiger partial charge in [-0.3, -0.25) is 29.3 Å². The zero-order chi connectivity index (χ0) is 89.6. The number of aromatic amines is 1. The maximum atomic E-state index is 14.3. The number of nitrogens with one attached hydrogen (secondary N) is 1. The summed E-state index contributed by atoms with van der Waals surface area (Å²) in [6.07, 6.45) is 2.17. The van der Waals surface area contributed by atoms with Gasteiger partial charge in [0.15, 0.2) is 28.6 Å². The number of nitrogens with zero attached hydrogens (tertiary/aromatic N) is 20. The molecule has 45 heteroatoms. The molecule has 3 aliphatic heterocycles. The van der Waals surface area contributed by atoms with Crippen LogP contribution in [0, 0.1) is 33.7 Å². The summed E-state index contributed by atoms with van der Waals surface area (Å²) in [5.41, 5.74) is -2.21. The van der Waals surface area contributed by atoms with E-state index in [0.29, 0.717) is 98.8 Å². The number of aryl methyl sites for hydroxylation is 3. The van der Waals surface area contributed by atoms with E-state index in [0.717, 1.165) is 62.1 Å². The fourth-order valence-corrected chi connectivity index (χ4v) is 20.9. The van der Waals surface area contributed by atoms with Gasteiger partial charge in [-0.1, -0.05) is 27.1 Å². The largest absolute Gasteiger partial charge is 0.416 e. The van der Waals surface area contributed by atoms with Crippen LogP contribution in [0.4, 0.5) is 52.7 Å². The summed E-state index contributed by atoms with van der Waals surface area (Å²) in [5.74, 6) is -3.48. The van der Waals surface area contributed by atoms with Crippen molar-refractivity contribution in [3.05, 3.63) is 267 Å². The number of rotatable bonds is 18. The number of hydrogen-bond donors (Lipinski definition) is 1. The standard InChI is InChI=1S/3C27H23F4N7O3S/c1-2-37-24(15-33-35-37)42(40,41)36-10-8-18-12-23-17(14-34-38(23)21-5-3-20(28)4-6-21)13-26(18,16-36)25(39)22-11-19(7-9-32-22)27(29,30)31;1-2-37-33-15-24(35-37)42(40,41)36-10-8-18-12-23-17(14-34-38(23)21-5-3-20(28)4-6-21)13-26(18,16-36)25(39)22-11-19(7-9-32-22)27(29,30)31;1-2-36-15-24(34-35-36)42(40,41)37-10-8-18-12-23-17(14-33-38(23)21-5-3-20(28)4-6-21)13-26(18,16-37)25(39)22-11-19(7-9-32-22)27(29,30)31/h3*3-7,9,11-12,14-15H,2,8,10,13,16H2,1H3/p+1/t3*26-/m000/s1. The van der Waals surface area contributed by atoms with Crippen LogP contribution >= 0.6 is 0 Å². The van der Waals surface area contributed by atoms with E-state index in [-0.39, 0.29) is 99.4 Å². The molecule has 0 radical (unpaired) electrons. The van der Waals surface area contributed by atoms with Gasteiger partial charge in [0.2, 0.25) is 5.03 Å². The Hall–Kier alpha value is -12.7. The molecule has 0 bridgehead atoms. The molecule has 0 unspecified atom stereocenters. The SMILES string of the molecule is CC[n+]1cc(S(=O)(=O)N2CCC3=Cc4c(cnn4-c4ccc(F)cc4)C[C@]3(C(=O)c3cc(C(F)(F)F)ccn3)C2)n[nH]1.CCn1ncc(S(=O)(=O)N2CCC3=Cc4c(cnn4-c4ccc(F)cc4)C[C@]3(C(=O)c3cc(C(F)(F)F)ccn3)C2)n1.CCn1nncc1S(=O)(=O)N1CCC2=Cc3c(cnn3-c3ccc(F)cc3)C[C@]2(C(=O)c2cc(C(F)(F)F)ccn2)C1. The molecule has 3 fully saturated rings. The fraction of sp³-hybridized carbons (Fsp3) is 0.296. The van der Waals surface area contributed by atoms with Crippen molar-refractivity contribution in [2.45, 2.75) is 113 Å². The number of fused-ring (bicyclic) bond motifs is 6. The molecule has 654 valence electrons. The average molecular weight is 1810 g/mol. The second kappa shape index (κ2) is 32.7. The predicted molar refractivity (Wildman–Crippen MR) is 420 cm³/mol. The number of sulfonamides is 3. The second-order valence-corrected chi connectivity index (χ2v) is 36.0. The van der Waals surface area contributed by atoms with Gasteiger partial charge in [-0.25, -0.2) is 57.2 Å². The first-order valence-electron chi connectivity index (χ1n) is 38.9. The van der Waals surface area contributed by atoms with Gasteiger partial charge in [-0.15, -0.1) is 10.2 Å². The number of ketones is 3. The zero-order valence-corrected chi connectivity index (χ0v) is 68.8. The van der Waals surface area contributed by atoms with Gasteiger partial charge >= 0.3 is 23.6 Å². The van der Waals surface area contributed by atoms with E-state index in [1.165, 1.54) is 75.3 Å². The molecule has 3 atom stereocenters. The van der Waals surface area contributed by atoms with Crippen LogP contribution in [-0.2, 0) is 87.5 Å². The van der Waals surface area contributed by atoms with Crippen LogP contribution in [-0.4, -0.2) is 179 Å². The molecule has 3 aromatic carbocycles. The van der Waals surface area contributed by atoms with E-state index >= 15 is 0 Å². The fourth-order valence-electron chi connectivity index (χ4n) is 16.6. The van der Waals surface area contributed by atoms with Gasteiger partial charge in [0.05, 0.1) is 110 Å². The Bertz CT molecular complexity index is 6500. The van der Waals surface area contributed by atoms with E-state index in [4.69, 9.17) is 0 Å². The van der Waals surface area contributed by atoms with Crippen molar-refractivity contribution in [1.82, 2.24) is 97.5 Å². The van der Waals surface area contributed by atoms with E-state index in [9.17, 15) is 92.3 Å². The number of pyridine rings is 3. The number of hydrogen-bond acceptors (Lipinski definition) is 20. The van der Waals surface area contributed by atoms with Crippen molar-refractivity contribution < 1.29 is 97.0 Å². The number of halogens is 12. The smallest absolute Gasteiger partial charge is 0.291 e. The minimum atomic E-state index is -4.71. The third kappa shape index (κ3) is 16.0. The highest BCUT2D eigenvalue weighted by molar-refractivity contribution is 7.89. The van der Waals surface area contributed by atoms with Crippen LogP contribution in [0.5, 0.6) is 0 Å². The van der Waals surface area contributed by atoms with Crippen molar-refractivity contribution >= 4 is 65.6 Å². The lowest BCUT2D eigenvalue weighted by atomic mass is 9.65. The van der Waals surface area contributed by atoms with Crippen LogP contribution in [0.3, 0.4) is 0 Å². The second-order valence-electron chi connectivity index (χ2n) is 30.4. The normalized spacial score (nSPS) is 19.2. The molecule has 12 heterocycles. The first-order chi connectivity index (χ1) is 59.8. The molecule has 0 amide bonds. The van der Waals surface area contributed by atoms with Crippen LogP contribution in [0.2, 0.25) is 0 Å². The highest BCUT2D eigenvalue weighted by Gasteiger charge is 2.56. The molecule has 126 heavy (non-hydrogen) atoms. The third-order valence-corrected chi connectivity index (χ3v) is 28.3. The quantitative estimate of drug-likeness (QED) is 0.0474. The minimum absolute atomic E-state index is 0.00177. The van der Waals surface area contributed by atoms with E-state index in [2.05, 4.69) is 61.1 Å². The Morgan fingerprint density at radius 2 is 0.810 bits per heavy atom. The zero-order valence-electron chi connectivity index (χ0n) is 66.3. The Labute approximate surface area is 708 Å². The molecule has 3 aliphatic carbocycles. The van der Waals surface area contributed by atoms with Gasteiger partial charge in [-0.05, 0) is 203 Å². The number of alkyl halides is 9. The van der Waals surface area contributed by atoms with Gasteiger partial charge in [-0.2, -0.15) is 82.3 Å². The first-order valence-corrected chi connectivity index (χ1v) is 43.2. The topological polar surface area (TPSA) is 349 Å². The Morgan fingerprint density at radius 3 is 1.13 bits per heavy atom. The van der Waals surface area contributed by atoms with E-state index in [1.54, 1.807) is 89.4 Å². The maximum Gasteiger partial charge on any atom is 0.416 e. The lowest BCUT2D eigenvalue weighted by Crippen LogP contribution is -2.53. The third-order valence-electron chi connectivity index (χ3n) is 23.0. The molecule has 0 saturated carbocycles. The highest BCUT2D eigenvalue weighted by atomic mass is 32.2. The monoisotopic (exact) mass is 1800 g/mol.